The largest absolute Gasteiger partial charge is 0.385 e. The molecule has 1 atom stereocenters. The average Bonchev–Trinajstić information content (AvgIpc) is 2.12. The molecule has 12 heavy (non-hydrogen) atoms. The van der Waals surface area contributed by atoms with Crippen LogP contribution < -0.4 is 0 Å². The summed E-state index contributed by atoms with van der Waals surface area (Å²) in [4.78, 5) is 0. The van der Waals surface area contributed by atoms with Crippen LogP contribution in [0.25, 0.3) is 0 Å². The number of hydrogen-bond donors (Lipinski definition) is 0. The molecule has 0 saturated carbocycles. The van der Waals surface area contributed by atoms with Crippen LogP contribution in [0.1, 0.15) is 13.8 Å². The molecule has 0 aliphatic heterocycles. The molecular weight excluding hydrogens is 166 g/mol. The molecule has 0 aromatic rings. The molecule has 0 N–H and O–H groups in total. The predicted octanol–water partition coefficient (Wildman–Crippen LogP) is 1.42. The molecule has 0 heterocycles. The first-order chi connectivity index (χ1) is 5.79. The highest BCUT2D eigenvalue weighted by Crippen LogP contribution is 2.01. The Bertz CT molecular complexity index is 115. The highest BCUT2D eigenvalue weighted by atomic mass is 28.3. The van der Waals surface area contributed by atoms with Gasteiger partial charge in [0.05, 0.1) is 0 Å². The van der Waals surface area contributed by atoms with E-state index in [9.17, 15) is 0 Å². The number of methoxy groups -OCH3 is 1. The topological polar surface area (TPSA) is 12.5 Å². The van der Waals surface area contributed by atoms with Crippen LogP contribution in [0, 0.1) is 0 Å². The van der Waals surface area contributed by atoms with Crippen LogP contribution in [-0.2, 0) is 4.74 Å². The van der Waals surface area contributed by atoms with Crippen LogP contribution in [0.3, 0.4) is 0 Å². The fourth-order valence-corrected chi connectivity index (χ4v) is 3.69. The lowest BCUT2D eigenvalue weighted by Gasteiger charge is -2.25. The van der Waals surface area contributed by atoms with E-state index in [1.807, 2.05) is 0 Å². The first-order valence-corrected chi connectivity index (χ1v) is 6.65. The average molecular weight is 187 g/mol. The summed E-state index contributed by atoms with van der Waals surface area (Å²) in [5, 5.41) is 0. The summed E-state index contributed by atoms with van der Waals surface area (Å²) >= 11 is 0. The number of rotatable bonds is 7. The van der Waals surface area contributed by atoms with Gasteiger partial charge in [-0.15, -0.1) is 6.58 Å². The summed E-state index contributed by atoms with van der Waals surface area (Å²) in [6.45, 7) is 11.5. The van der Waals surface area contributed by atoms with Crippen molar-refractivity contribution in [2.45, 2.75) is 19.9 Å². The molecule has 1 unspecified atom stereocenters. The normalized spacial score (nSPS) is 13.3. The summed E-state index contributed by atoms with van der Waals surface area (Å²) in [5.74, 6) is 0. The van der Waals surface area contributed by atoms with E-state index in [4.69, 9.17) is 4.74 Å². The third kappa shape index (κ3) is 4.04. The second-order valence-corrected chi connectivity index (χ2v) is 5.72. The molecule has 0 amide bonds. The van der Waals surface area contributed by atoms with Crippen molar-refractivity contribution in [2.24, 2.45) is 0 Å². The van der Waals surface area contributed by atoms with Crippen LogP contribution in [0.5, 0.6) is 0 Å². The van der Waals surface area contributed by atoms with Gasteiger partial charge < -0.3 is 9.30 Å². The Kier molecular flexibility index (Phi) is 7.44. The lowest BCUT2D eigenvalue weighted by molar-refractivity contribution is 0.213. The second-order valence-electron chi connectivity index (χ2n) is 2.81. The quantitative estimate of drug-likeness (QED) is 0.559. The van der Waals surface area contributed by atoms with E-state index in [1.54, 1.807) is 7.11 Å². The summed E-state index contributed by atoms with van der Waals surface area (Å²) in [5.41, 5.74) is 2.14. The van der Waals surface area contributed by atoms with Crippen molar-refractivity contribution in [3.8, 4) is 0 Å². The summed E-state index contributed by atoms with van der Waals surface area (Å²) in [6, 6.07) is 1.18. The van der Waals surface area contributed by atoms with Crippen molar-refractivity contribution >= 4 is 8.96 Å². The minimum Gasteiger partial charge on any atom is -0.385 e. The zero-order chi connectivity index (χ0) is 9.40. The van der Waals surface area contributed by atoms with E-state index in [-0.39, 0.29) is 0 Å². The van der Waals surface area contributed by atoms with E-state index < -0.39 is 8.96 Å². The molecule has 0 radical (unpaired) electrons. The molecule has 2 nitrogen and oxygen atoms in total. The van der Waals surface area contributed by atoms with Crippen LogP contribution in [0.4, 0.5) is 0 Å². The van der Waals surface area contributed by atoms with Gasteiger partial charge in [0.2, 0.25) is 0 Å². The van der Waals surface area contributed by atoms with Gasteiger partial charge in [0.1, 0.15) is 8.96 Å². The SMILES string of the molecule is C=C[SiH](CCOC)N(CC)CC. The Balaban J connectivity index is 3.84. The zero-order valence-corrected chi connectivity index (χ0v) is 9.70. The molecule has 0 fully saturated rings. The maximum absolute atomic E-state index is 5.07. The highest BCUT2D eigenvalue weighted by molar-refractivity contribution is 6.61. The van der Waals surface area contributed by atoms with Crippen molar-refractivity contribution in [2.75, 3.05) is 26.8 Å². The highest BCUT2D eigenvalue weighted by Gasteiger charge is 2.12. The predicted molar refractivity (Wildman–Crippen MR) is 57.0 cm³/mol. The van der Waals surface area contributed by atoms with Crippen LogP contribution in [0.2, 0.25) is 6.04 Å². The molecule has 0 aliphatic rings. The number of hydrogen-bond acceptors (Lipinski definition) is 2. The smallest absolute Gasteiger partial charge is 0.138 e. The maximum atomic E-state index is 5.07. The van der Waals surface area contributed by atoms with Gasteiger partial charge in [-0.2, -0.15) is 0 Å². The van der Waals surface area contributed by atoms with E-state index in [1.165, 1.54) is 6.04 Å². The van der Waals surface area contributed by atoms with Gasteiger partial charge in [0, 0.05) is 13.7 Å². The van der Waals surface area contributed by atoms with Crippen LogP contribution >= 0.6 is 0 Å². The maximum Gasteiger partial charge on any atom is 0.138 e. The number of ether oxygens (including phenoxy) is 1. The van der Waals surface area contributed by atoms with E-state index >= 15 is 0 Å². The Morgan fingerprint density at radius 1 is 1.42 bits per heavy atom. The molecule has 0 bridgehead atoms. The van der Waals surface area contributed by atoms with Crippen LogP contribution in [-0.4, -0.2) is 40.3 Å². The fourth-order valence-electron chi connectivity index (χ4n) is 1.38. The van der Waals surface area contributed by atoms with Crippen molar-refractivity contribution < 1.29 is 4.74 Å². The third-order valence-corrected chi connectivity index (χ3v) is 5.21. The molecule has 0 aliphatic carbocycles. The molecule has 0 saturated heterocycles. The monoisotopic (exact) mass is 187 g/mol. The molecule has 0 aromatic carbocycles. The Morgan fingerprint density at radius 2 is 2.00 bits per heavy atom. The molecule has 0 rings (SSSR count). The summed E-state index contributed by atoms with van der Waals surface area (Å²) < 4.78 is 7.59. The minimum absolute atomic E-state index is 0.873. The van der Waals surface area contributed by atoms with Gasteiger partial charge in [0.25, 0.3) is 0 Å². The molecule has 0 aromatic heterocycles. The second kappa shape index (κ2) is 7.52. The summed E-state index contributed by atoms with van der Waals surface area (Å²) in [7, 11) is 0.887. The Morgan fingerprint density at radius 3 is 2.33 bits per heavy atom. The standard InChI is InChI=1S/C9H21NOSi/c1-5-10(6-2)12(7-3)9-8-11-4/h7,12H,3,5-6,8-9H2,1-2,4H3. The molecule has 72 valence electrons. The minimum atomic E-state index is -0.873. The fraction of sp³-hybridized carbons (Fsp3) is 0.778. The van der Waals surface area contributed by atoms with Gasteiger partial charge in [0.15, 0.2) is 0 Å². The van der Waals surface area contributed by atoms with E-state index in [0.29, 0.717) is 0 Å². The molecular formula is C9H21NOSi. The van der Waals surface area contributed by atoms with Gasteiger partial charge in [-0.25, -0.2) is 0 Å². The van der Waals surface area contributed by atoms with Gasteiger partial charge in [-0.1, -0.05) is 19.5 Å². The van der Waals surface area contributed by atoms with Crippen molar-refractivity contribution in [3.05, 3.63) is 12.3 Å². The summed E-state index contributed by atoms with van der Waals surface area (Å²) in [6.07, 6.45) is 0. The lowest BCUT2D eigenvalue weighted by Crippen LogP contribution is -2.38. The molecule has 0 spiro atoms. The van der Waals surface area contributed by atoms with Crippen LogP contribution in [0.15, 0.2) is 12.3 Å². The van der Waals surface area contributed by atoms with Crippen molar-refractivity contribution in [1.82, 2.24) is 4.57 Å². The van der Waals surface area contributed by atoms with Gasteiger partial charge >= 0.3 is 0 Å². The van der Waals surface area contributed by atoms with E-state index in [2.05, 4.69) is 30.7 Å². The van der Waals surface area contributed by atoms with Crippen molar-refractivity contribution in [1.29, 1.82) is 0 Å². The number of nitrogens with zero attached hydrogens (tertiary/aromatic N) is 1. The lowest BCUT2D eigenvalue weighted by atomic mass is 10.7. The van der Waals surface area contributed by atoms with Crippen molar-refractivity contribution in [3.63, 3.8) is 0 Å². The first kappa shape index (κ1) is 11.9. The van der Waals surface area contributed by atoms with Gasteiger partial charge in [-0.3, -0.25) is 0 Å². The zero-order valence-electron chi connectivity index (χ0n) is 8.55. The van der Waals surface area contributed by atoms with E-state index in [0.717, 1.165) is 19.7 Å². The molecule has 3 heteroatoms. The Labute approximate surface area is 77.9 Å². The first-order valence-electron chi connectivity index (χ1n) is 4.65. The Hall–Kier alpha value is -0.123. The van der Waals surface area contributed by atoms with Gasteiger partial charge in [-0.05, 0) is 19.1 Å². The third-order valence-electron chi connectivity index (χ3n) is 2.17.